The fourth-order valence-corrected chi connectivity index (χ4v) is 2.38. The third kappa shape index (κ3) is 3.12. The van der Waals surface area contributed by atoms with Crippen LogP contribution in [0.3, 0.4) is 0 Å². The molecule has 0 aliphatic carbocycles. The summed E-state index contributed by atoms with van der Waals surface area (Å²) in [7, 11) is 0. The van der Waals surface area contributed by atoms with Gasteiger partial charge in [-0.2, -0.15) is 0 Å². The smallest absolute Gasteiger partial charge is 0.316 e. The van der Waals surface area contributed by atoms with Crippen molar-refractivity contribution >= 4 is 5.97 Å². The van der Waals surface area contributed by atoms with Crippen molar-refractivity contribution < 1.29 is 9.53 Å². The lowest BCUT2D eigenvalue weighted by molar-refractivity contribution is -0.146. The number of carbonyl (C=O) groups is 1. The highest BCUT2D eigenvalue weighted by atomic mass is 16.5. The van der Waals surface area contributed by atoms with E-state index in [1.165, 1.54) is 0 Å². The van der Waals surface area contributed by atoms with Crippen LogP contribution >= 0.6 is 0 Å². The highest BCUT2D eigenvalue weighted by Gasteiger charge is 2.31. The number of hydrogen-bond donors (Lipinski definition) is 0. The summed E-state index contributed by atoms with van der Waals surface area (Å²) < 4.78 is 7.12. The minimum atomic E-state index is -0.425. The standard InChI is InChI=1S/C16H21N3O2/c1-5-21-16(20)14(11(2)3)15-18-17-12(4)19(15)13-9-7-6-8-10-13/h6-11,14H,5H2,1-4H3. The Hall–Kier alpha value is -2.17. The van der Waals surface area contributed by atoms with Crippen molar-refractivity contribution in [3.63, 3.8) is 0 Å². The molecular formula is C16H21N3O2. The lowest BCUT2D eigenvalue weighted by Crippen LogP contribution is -2.24. The van der Waals surface area contributed by atoms with Crippen LogP contribution in [-0.4, -0.2) is 27.3 Å². The molecule has 0 bridgehead atoms. The molecule has 2 rings (SSSR count). The van der Waals surface area contributed by atoms with Crippen LogP contribution < -0.4 is 0 Å². The molecule has 0 radical (unpaired) electrons. The minimum absolute atomic E-state index is 0.0788. The number of aromatic nitrogens is 3. The molecule has 0 saturated carbocycles. The van der Waals surface area contributed by atoms with Crippen LogP contribution in [0.15, 0.2) is 30.3 Å². The molecule has 5 nitrogen and oxygen atoms in total. The molecule has 1 heterocycles. The Morgan fingerprint density at radius 2 is 1.90 bits per heavy atom. The van der Waals surface area contributed by atoms with Crippen molar-refractivity contribution in [2.75, 3.05) is 6.61 Å². The first-order valence-corrected chi connectivity index (χ1v) is 7.20. The lowest BCUT2D eigenvalue weighted by atomic mass is 9.95. The summed E-state index contributed by atoms with van der Waals surface area (Å²) in [4.78, 5) is 12.3. The third-order valence-electron chi connectivity index (χ3n) is 3.35. The van der Waals surface area contributed by atoms with Crippen molar-refractivity contribution in [1.29, 1.82) is 0 Å². The molecule has 0 aliphatic rings. The lowest BCUT2D eigenvalue weighted by Gasteiger charge is -2.19. The number of hydrogen-bond acceptors (Lipinski definition) is 4. The third-order valence-corrected chi connectivity index (χ3v) is 3.35. The topological polar surface area (TPSA) is 57.0 Å². The predicted molar refractivity (Wildman–Crippen MR) is 80.3 cm³/mol. The molecule has 112 valence electrons. The van der Waals surface area contributed by atoms with Crippen molar-refractivity contribution in [2.24, 2.45) is 5.92 Å². The van der Waals surface area contributed by atoms with E-state index in [4.69, 9.17) is 4.74 Å². The average molecular weight is 287 g/mol. The van der Waals surface area contributed by atoms with E-state index in [0.29, 0.717) is 12.4 Å². The molecule has 0 aliphatic heterocycles. The van der Waals surface area contributed by atoms with Gasteiger partial charge in [0.15, 0.2) is 5.82 Å². The van der Waals surface area contributed by atoms with Gasteiger partial charge in [-0.05, 0) is 31.9 Å². The van der Waals surface area contributed by atoms with E-state index >= 15 is 0 Å². The molecule has 1 aromatic carbocycles. The second kappa shape index (κ2) is 6.52. The molecule has 1 atom stereocenters. The van der Waals surface area contributed by atoms with Gasteiger partial charge in [0.2, 0.25) is 0 Å². The van der Waals surface area contributed by atoms with Gasteiger partial charge in [-0.25, -0.2) is 0 Å². The number of rotatable bonds is 5. The van der Waals surface area contributed by atoms with Crippen molar-refractivity contribution in [2.45, 2.75) is 33.6 Å². The van der Waals surface area contributed by atoms with E-state index in [1.807, 2.05) is 62.6 Å². The van der Waals surface area contributed by atoms with Gasteiger partial charge in [-0.3, -0.25) is 9.36 Å². The molecular weight excluding hydrogens is 266 g/mol. The van der Waals surface area contributed by atoms with Crippen LogP contribution in [0.2, 0.25) is 0 Å². The van der Waals surface area contributed by atoms with Gasteiger partial charge in [0, 0.05) is 5.69 Å². The SMILES string of the molecule is CCOC(=O)C(c1nnc(C)n1-c1ccccc1)C(C)C. The van der Waals surface area contributed by atoms with E-state index < -0.39 is 5.92 Å². The van der Waals surface area contributed by atoms with Crippen LogP contribution in [0.5, 0.6) is 0 Å². The summed E-state index contributed by atoms with van der Waals surface area (Å²) >= 11 is 0. The number of para-hydroxylation sites is 1. The monoisotopic (exact) mass is 287 g/mol. The van der Waals surface area contributed by atoms with Gasteiger partial charge in [-0.1, -0.05) is 32.0 Å². The summed E-state index contributed by atoms with van der Waals surface area (Å²) in [6.07, 6.45) is 0. The maximum Gasteiger partial charge on any atom is 0.316 e. The quantitative estimate of drug-likeness (QED) is 0.793. The zero-order valence-electron chi connectivity index (χ0n) is 12.9. The maximum absolute atomic E-state index is 12.3. The molecule has 1 unspecified atom stereocenters. The minimum Gasteiger partial charge on any atom is -0.465 e. The predicted octanol–water partition coefficient (Wildman–Crippen LogP) is 2.88. The Kier molecular flexibility index (Phi) is 4.73. The summed E-state index contributed by atoms with van der Waals surface area (Å²) in [6.45, 7) is 8.02. The van der Waals surface area contributed by atoms with E-state index in [0.717, 1.165) is 11.5 Å². The summed E-state index contributed by atoms with van der Waals surface area (Å²) in [5.74, 6) is 0.789. The molecule has 0 N–H and O–H groups in total. The van der Waals surface area contributed by atoms with Crippen LogP contribution in [0.25, 0.3) is 5.69 Å². The normalized spacial score (nSPS) is 12.4. The first-order valence-electron chi connectivity index (χ1n) is 7.20. The Morgan fingerprint density at radius 1 is 1.24 bits per heavy atom. The number of benzene rings is 1. The Labute approximate surface area is 125 Å². The van der Waals surface area contributed by atoms with Crippen molar-refractivity contribution in [1.82, 2.24) is 14.8 Å². The van der Waals surface area contributed by atoms with Crippen molar-refractivity contribution in [3.05, 3.63) is 42.0 Å². The van der Waals surface area contributed by atoms with Crippen LogP contribution in [0.4, 0.5) is 0 Å². The van der Waals surface area contributed by atoms with Gasteiger partial charge in [0.05, 0.1) is 6.61 Å². The Morgan fingerprint density at radius 3 is 2.48 bits per heavy atom. The van der Waals surface area contributed by atoms with Gasteiger partial charge in [-0.15, -0.1) is 10.2 Å². The van der Waals surface area contributed by atoms with Crippen LogP contribution in [-0.2, 0) is 9.53 Å². The average Bonchev–Trinajstić information content (AvgIpc) is 2.81. The number of esters is 1. The van der Waals surface area contributed by atoms with Crippen LogP contribution in [0.1, 0.15) is 38.3 Å². The molecule has 5 heteroatoms. The van der Waals surface area contributed by atoms with Gasteiger partial charge >= 0.3 is 5.97 Å². The number of ether oxygens (including phenoxy) is 1. The maximum atomic E-state index is 12.3. The van der Waals surface area contributed by atoms with E-state index in [9.17, 15) is 4.79 Å². The molecule has 0 amide bonds. The highest BCUT2D eigenvalue weighted by molar-refractivity contribution is 5.77. The number of carbonyl (C=O) groups excluding carboxylic acids is 1. The Balaban J connectivity index is 2.50. The second-order valence-electron chi connectivity index (χ2n) is 5.25. The fourth-order valence-electron chi connectivity index (χ4n) is 2.38. The van der Waals surface area contributed by atoms with Crippen LogP contribution in [0, 0.1) is 12.8 Å². The molecule has 0 fully saturated rings. The Bertz CT molecular complexity index is 605. The zero-order valence-corrected chi connectivity index (χ0v) is 12.9. The van der Waals surface area contributed by atoms with Gasteiger partial charge in [0.25, 0.3) is 0 Å². The molecule has 0 saturated heterocycles. The van der Waals surface area contributed by atoms with Crippen molar-refractivity contribution in [3.8, 4) is 5.69 Å². The molecule has 2 aromatic rings. The zero-order chi connectivity index (χ0) is 15.4. The van der Waals surface area contributed by atoms with Gasteiger partial charge < -0.3 is 4.74 Å². The fraction of sp³-hybridized carbons (Fsp3) is 0.438. The van der Waals surface area contributed by atoms with E-state index in [1.54, 1.807) is 0 Å². The number of aryl methyl sites for hydroxylation is 1. The summed E-state index contributed by atoms with van der Waals surface area (Å²) in [5.41, 5.74) is 0.949. The highest BCUT2D eigenvalue weighted by Crippen LogP contribution is 2.27. The summed E-state index contributed by atoms with van der Waals surface area (Å²) in [5, 5.41) is 8.37. The molecule has 1 aromatic heterocycles. The van der Waals surface area contributed by atoms with Gasteiger partial charge in [0.1, 0.15) is 11.7 Å². The van der Waals surface area contributed by atoms with E-state index in [2.05, 4.69) is 10.2 Å². The largest absolute Gasteiger partial charge is 0.465 e. The number of nitrogens with zero attached hydrogens (tertiary/aromatic N) is 3. The first kappa shape index (κ1) is 15.2. The molecule has 21 heavy (non-hydrogen) atoms. The molecule has 0 spiro atoms. The summed E-state index contributed by atoms with van der Waals surface area (Å²) in [6, 6.07) is 9.81. The van der Waals surface area contributed by atoms with E-state index in [-0.39, 0.29) is 11.9 Å². The first-order chi connectivity index (χ1) is 10.1. The second-order valence-corrected chi connectivity index (χ2v) is 5.25.